The van der Waals surface area contributed by atoms with Crippen molar-refractivity contribution >= 4 is 40.0 Å². The van der Waals surface area contributed by atoms with E-state index in [0.29, 0.717) is 36.4 Å². The largest absolute Gasteiger partial charge is 0.379 e. The van der Waals surface area contributed by atoms with Crippen molar-refractivity contribution in [3.8, 4) is 0 Å². The maximum absolute atomic E-state index is 12.7. The van der Waals surface area contributed by atoms with Crippen molar-refractivity contribution in [2.45, 2.75) is 24.2 Å². The molecule has 0 bridgehead atoms. The number of guanidine groups is 1. The van der Waals surface area contributed by atoms with Gasteiger partial charge in [-0.3, -0.25) is 9.89 Å². The van der Waals surface area contributed by atoms with Gasteiger partial charge in [0.15, 0.2) is 5.96 Å². The van der Waals surface area contributed by atoms with Crippen LogP contribution in [-0.4, -0.2) is 82.6 Å². The minimum atomic E-state index is -3.39. The Hall–Kier alpha value is -0.950. The average Bonchev–Trinajstić information content (AvgIpc) is 2.77. The van der Waals surface area contributed by atoms with Gasteiger partial charge in [0.2, 0.25) is 10.0 Å². The number of ether oxygens (including phenoxy) is 1. The molecule has 1 aromatic rings. The quantitative estimate of drug-likeness (QED) is 0.219. The van der Waals surface area contributed by atoms with Crippen molar-refractivity contribution in [2.75, 3.05) is 59.0 Å². The van der Waals surface area contributed by atoms with E-state index in [4.69, 9.17) is 10.5 Å². The minimum Gasteiger partial charge on any atom is -0.379 e. The normalized spacial score (nSPS) is 19.9. The first-order chi connectivity index (χ1) is 14.1. The second-order valence-corrected chi connectivity index (χ2v) is 9.56. The van der Waals surface area contributed by atoms with E-state index in [-0.39, 0.29) is 24.0 Å². The van der Waals surface area contributed by atoms with Crippen LogP contribution in [0.15, 0.2) is 40.2 Å². The summed E-state index contributed by atoms with van der Waals surface area (Å²) in [5.74, 6) is 0.845. The van der Waals surface area contributed by atoms with E-state index in [1.54, 1.807) is 28.6 Å². The molecule has 30 heavy (non-hydrogen) atoms. The highest BCUT2D eigenvalue weighted by atomic mass is 127. The van der Waals surface area contributed by atoms with E-state index >= 15 is 0 Å². The van der Waals surface area contributed by atoms with Crippen LogP contribution < -0.4 is 11.1 Å². The van der Waals surface area contributed by atoms with Crippen LogP contribution in [0.2, 0.25) is 0 Å². The molecule has 2 aliphatic heterocycles. The van der Waals surface area contributed by atoms with Gasteiger partial charge in [0, 0.05) is 39.3 Å². The van der Waals surface area contributed by atoms with Crippen molar-refractivity contribution in [1.82, 2.24) is 14.5 Å². The molecule has 0 aromatic heterocycles. The number of morpholine rings is 1. The Morgan fingerprint density at radius 1 is 1.13 bits per heavy atom. The number of hydrogen-bond donors (Lipinski definition) is 2. The van der Waals surface area contributed by atoms with Gasteiger partial charge in [-0.15, -0.1) is 24.0 Å². The van der Waals surface area contributed by atoms with Crippen molar-refractivity contribution in [1.29, 1.82) is 0 Å². The first-order valence-corrected chi connectivity index (χ1v) is 11.9. The standard InChI is InChI=1S/C20H33N5O3S.HI/c21-20(22-9-4-10-24-13-15-28-16-14-24)23-17-18-7-11-25(12-8-18)29(26,27)19-5-2-1-3-6-19;/h1-3,5-6,18H,4,7-17H2,(H3,21,22,23);1H. The lowest BCUT2D eigenvalue weighted by atomic mass is 9.98. The van der Waals surface area contributed by atoms with Crippen LogP contribution in [0.25, 0.3) is 0 Å². The fraction of sp³-hybridized carbons (Fsp3) is 0.650. The molecule has 3 rings (SSSR count). The zero-order valence-electron chi connectivity index (χ0n) is 17.4. The predicted octanol–water partition coefficient (Wildman–Crippen LogP) is 1.33. The van der Waals surface area contributed by atoms with Gasteiger partial charge in [0.05, 0.1) is 18.1 Å². The molecule has 0 atom stereocenters. The second kappa shape index (κ2) is 12.8. The third kappa shape index (κ3) is 7.63. The zero-order valence-corrected chi connectivity index (χ0v) is 20.6. The molecule has 2 saturated heterocycles. The van der Waals surface area contributed by atoms with E-state index in [9.17, 15) is 8.42 Å². The molecule has 8 nitrogen and oxygen atoms in total. The first kappa shape index (κ1) is 25.3. The number of nitrogens with one attached hydrogen (secondary N) is 1. The minimum absolute atomic E-state index is 0. The van der Waals surface area contributed by atoms with Gasteiger partial charge < -0.3 is 15.8 Å². The third-order valence-electron chi connectivity index (χ3n) is 5.54. The highest BCUT2D eigenvalue weighted by Crippen LogP contribution is 2.23. The molecular weight excluding hydrogens is 517 g/mol. The van der Waals surface area contributed by atoms with Crippen LogP contribution in [0.4, 0.5) is 0 Å². The molecule has 10 heteroatoms. The van der Waals surface area contributed by atoms with Gasteiger partial charge in [-0.05, 0) is 43.9 Å². The first-order valence-electron chi connectivity index (χ1n) is 10.4. The number of nitrogens with zero attached hydrogens (tertiary/aromatic N) is 3. The van der Waals surface area contributed by atoms with Crippen molar-refractivity contribution in [3.05, 3.63) is 30.3 Å². The molecule has 0 radical (unpaired) electrons. The maximum atomic E-state index is 12.7. The SMILES string of the molecule is I.NC(=NCC1CCN(S(=O)(=O)c2ccccc2)CC1)NCCCN1CCOCC1. The molecule has 0 amide bonds. The van der Waals surface area contributed by atoms with Crippen LogP contribution in [-0.2, 0) is 14.8 Å². The van der Waals surface area contributed by atoms with E-state index in [1.165, 1.54) is 0 Å². The Bertz CT molecular complexity index is 749. The molecule has 0 aliphatic carbocycles. The Kier molecular flexibility index (Phi) is 10.8. The summed E-state index contributed by atoms with van der Waals surface area (Å²) in [5.41, 5.74) is 5.98. The summed E-state index contributed by atoms with van der Waals surface area (Å²) in [7, 11) is -3.39. The summed E-state index contributed by atoms with van der Waals surface area (Å²) >= 11 is 0. The Morgan fingerprint density at radius 3 is 2.47 bits per heavy atom. The van der Waals surface area contributed by atoms with Crippen LogP contribution in [0.1, 0.15) is 19.3 Å². The van der Waals surface area contributed by atoms with Gasteiger partial charge in [-0.1, -0.05) is 18.2 Å². The Morgan fingerprint density at radius 2 is 1.80 bits per heavy atom. The Labute approximate surface area is 197 Å². The number of sulfonamides is 1. The maximum Gasteiger partial charge on any atom is 0.243 e. The summed E-state index contributed by atoms with van der Waals surface area (Å²) in [5, 5.41) is 3.18. The molecule has 0 spiro atoms. The topological polar surface area (TPSA) is 100 Å². The molecule has 2 fully saturated rings. The molecule has 170 valence electrons. The van der Waals surface area contributed by atoms with Crippen LogP contribution in [0.3, 0.4) is 0 Å². The van der Waals surface area contributed by atoms with E-state index in [1.807, 2.05) is 6.07 Å². The zero-order chi connectivity index (χ0) is 20.5. The summed E-state index contributed by atoms with van der Waals surface area (Å²) in [4.78, 5) is 7.22. The van der Waals surface area contributed by atoms with E-state index < -0.39 is 10.0 Å². The second-order valence-electron chi connectivity index (χ2n) is 7.62. The van der Waals surface area contributed by atoms with Gasteiger partial charge in [0.1, 0.15) is 0 Å². The molecule has 2 aliphatic rings. The summed E-state index contributed by atoms with van der Waals surface area (Å²) in [6.07, 6.45) is 2.63. The summed E-state index contributed by atoms with van der Waals surface area (Å²) in [6.45, 7) is 7.20. The number of halogens is 1. The lowest BCUT2D eigenvalue weighted by molar-refractivity contribution is 0.0376. The third-order valence-corrected chi connectivity index (χ3v) is 7.45. The predicted molar refractivity (Wildman–Crippen MR) is 130 cm³/mol. The smallest absolute Gasteiger partial charge is 0.243 e. The van der Waals surface area contributed by atoms with Crippen LogP contribution >= 0.6 is 24.0 Å². The highest BCUT2D eigenvalue weighted by molar-refractivity contribution is 14.0. The van der Waals surface area contributed by atoms with Gasteiger partial charge in [-0.25, -0.2) is 8.42 Å². The highest BCUT2D eigenvalue weighted by Gasteiger charge is 2.29. The molecule has 0 unspecified atom stereocenters. The molecule has 3 N–H and O–H groups in total. The molecule has 0 saturated carbocycles. The van der Waals surface area contributed by atoms with E-state index in [2.05, 4.69) is 15.2 Å². The lowest BCUT2D eigenvalue weighted by Crippen LogP contribution is -2.40. The number of aliphatic imine (C=N–C) groups is 1. The Balaban J connectivity index is 0.00000320. The van der Waals surface area contributed by atoms with Crippen LogP contribution in [0, 0.1) is 5.92 Å². The summed E-state index contributed by atoms with van der Waals surface area (Å²) < 4.78 is 32.3. The monoisotopic (exact) mass is 551 g/mol. The molecular formula is C20H34IN5O3S. The van der Waals surface area contributed by atoms with Gasteiger partial charge >= 0.3 is 0 Å². The molecule has 1 aromatic carbocycles. The number of hydrogen-bond acceptors (Lipinski definition) is 5. The van der Waals surface area contributed by atoms with Crippen molar-refractivity contribution in [2.24, 2.45) is 16.6 Å². The van der Waals surface area contributed by atoms with Crippen molar-refractivity contribution < 1.29 is 13.2 Å². The van der Waals surface area contributed by atoms with Gasteiger partial charge in [-0.2, -0.15) is 4.31 Å². The van der Waals surface area contributed by atoms with Gasteiger partial charge in [0.25, 0.3) is 0 Å². The number of nitrogens with two attached hydrogens (primary N) is 1. The number of benzene rings is 1. The molecule has 2 heterocycles. The summed E-state index contributed by atoms with van der Waals surface area (Å²) in [6, 6.07) is 8.63. The average molecular weight is 551 g/mol. The number of rotatable bonds is 8. The van der Waals surface area contributed by atoms with Crippen LogP contribution in [0.5, 0.6) is 0 Å². The fourth-order valence-electron chi connectivity index (χ4n) is 3.70. The van der Waals surface area contributed by atoms with Crippen molar-refractivity contribution in [3.63, 3.8) is 0 Å². The lowest BCUT2D eigenvalue weighted by Gasteiger charge is -2.30. The number of piperidine rings is 1. The van der Waals surface area contributed by atoms with E-state index in [0.717, 1.165) is 58.7 Å². The fourth-order valence-corrected chi connectivity index (χ4v) is 5.19.